The molecule has 1 aliphatic rings. The lowest BCUT2D eigenvalue weighted by Crippen LogP contribution is -2.16. The summed E-state index contributed by atoms with van der Waals surface area (Å²) in [4.78, 5) is 2.33. The zero-order valence-corrected chi connectivity index (χ0v) is 21.9. The van der Waals surface area contributed by atoms with Crippen LogP contribution < -0.4 is 4.90 Å². The molecule has 0 saturated carbocycles. The molecule has 39 heavy (non-hydrogen) atoms. The average Bonchev–Trinajstić information content (AvgIpc) is 3.03. The van der Waals surface area contributed by atoms with Crippen molar-refractivity contribution < 1.29 is 0 Å². The van der Waals surface area contributed by atoms with Gasteiger partial charge >= 0.3 is 0 Å². The zero-order valence-electron chi connectivity index (χ0n) is 21.9. The van der Waals surface area contributed by atoms with Crippen molar-refractivity contribution in [3.05, 3.63) is 169 Å². The van der Waals surface area contributed by atoms with Gasteiger partial charge < -0.3 is 4.90 Å². The Morgan fingerprint density at radius 1 is 0.436 bits per heavy atom. The minimum absolute atomic E-state index is 1.08. The van der Waals surface area contributed by atoms with Crippen molar-refractivity contribution in [1.29, 1.82) is 0 Å². The number of anilines is 2. The quantitative estimate of drug-likeness (QED) is 0.200. The molecule has 0 fully saturated rings. The fraction of sp³-hybridized carbons (Fsp3) is 0.0526. The highest BCUT2D eigenvalue weighted by Crippen LogP contribution is 2.32. The molecule has 1 heteroatoms. The first-order chi connectivity index (χ1) is 19.3. The van der Waals surface area contributed by atoms with Gasteiger partial charge in [-0.25, -0.2) is 0 Å². The predicted octanol–water partition coefficient (Wildman–Crippen LogP) is 10.6. The van der Waals surface area contributed by atoms with Crippen molar-refractivity contribution in [1.82, 2.24) is 0 Å². The number of para-hydroxylation sites is 1. The molecule has 6 rings (SSSR count). The Morgan fingerprint density at radius 2 is 0.897 bits per heavy atom. The summed E-state index contributed by atoms with van der Waals surface area (Å²) in [6, 6.07) is 47.4. The first-order valence-electron chi connectivity index (χ1n) is 13.6. The van der Waals surface area contributed by atoms with Crippen LogP contribution in [-0.4, -0.2) is 0 Å². The molecule has 0 N–H and O–H groups in total. The van der Waals surface area contributed by atoms with E-state index in [1.807, 2.05) is 0 Å². The van der Waals surface area contributed by atoms with E-state index in [0.29, 0.717) is 0 Å². The van der Waals surface area contributed by atoms with Gasteiger partial charge in [0.15, 0.2) is 0 Å². The molecule has 0 unspecified atom stereocenters. The average molecular weight is 502 g/mol. The molecule has 1 aliphatic carbocycles. The van der Waals surface area contributed by atoms with Crippen molar-refractivity contribution in [3.63, 3.8) is 0 Å². The SMILES string of the molecule is C1=CC(N(c2ccccc2)c2ccc(/C=C/c3ccc(-c4ccc(-c5ccccc5)cc4)cc3)cc2)=CCC1. The highest BCUT2D eigenvalue weighted by molar-refractivity contribution is 5.76. The number of allylic oxidation sites excluding steroid dienone is 3. The van der Waals surface area contributed by atoms with Crippen molar-refractivity contribution in [3.8, 4) is 22.3 Å². The number of hydrogen-bond donors (Lipinski definition) is 0. The molecule has 0 heterocycles. The third-order valence-corrected chi connectivity index (χ3v) is 7.10. The standard InChI is InChI=1S/C38H31N/c1-4-10-32(11-5-1)34-24-26-35(27-25-34)33-22-18-30(19-23-33)16-17-31-20-28-38(29-21-31)39(36-12-6-2-7-13-36)37-14-8-3-9-15-37/h1-2,4-8,10-29H,3,9H2/b17-16+. The van der Waals surface area contributed by atoms with E-state index in [0.717, 1.165) is 12.8 Å². The summed E-state index contributed by atoms with van der Waals surface area (Å²) in [7, 11) is 0. The van der Waals surface area contributed by atoms with Gasteiger partial charge in [0.05, 0.1) is 0 Å². The maximum atomic E-state index is 2.33. The lowest BCUT2D eigenvalue weighted by molar-refractivity contribution is 0.997. The van der Waals surface area contributed by atoms with E-state index >= 15 is 0 Å². The van der Waals surface area contributed by atoms with Crippen LogP contribution in [0.25, 0.3) is 34.4 Å². The molecular weight excluding hydrogens is 470 g/mol. The van der Waals surface area contributed by atoms with Gasteiger partial charge in [-0.15, -0.1) is 0 Å². The van der Waals surface area contributed by atoms with Crippen molar-refractivity contribution in [2.75, 3.05) is 4.90 Å². The van der Waals surface area contributed by atoms with Gasteiger partial charge in [-0.1, -0.05) is 133 Å². The number of nitrogens with zero attached hydrogens (tertiary/aromatic N) is 1. The first kappa shape index (κ1) is 24.5. The highest BCUT2D eigenvalue weighted by Gasteiger charge is 2.13. The molecule has 0 amide bonds. The topological polar surface area (TPSA) is 3.24 Å². The number of rotatable bonds is 7. The summed E-state index contributed by atoms with van der Waals surface area (Å²) < 4.78 is 0. The summed E-state index contributed by atoms with van der Waals surface area (Å²) in [5.74, 6) is 0. The second-order valence-corrected chi connectivity index (χ2v) is 9.77. The van der Waals surface area contributed by atoms with Crippen LogP contribution in [0.3, 0.4) is 0 Å². The van der Waals surface area contributed by atoms with Gasteiger partial charge in [0.1, 0.15) is 0 Å². The van der Waals surface area contributed by atoms with Crippen LogP contribution >= 0.6 is 0 Å². The molecule has 188 valence electrons. The molecule has 0 saturated heterocycles. The predicted molar refractivity (Wildman–Crippen MR) is 168 cm³/mol. The molecule has 5 aromatic carbocycles. The van der Waals surface area contributed by atoms with Gasteiger partial charge in [-0.2, -0.15) is 0 Å². The van der Waals surface area contributed by atoms with Crippen LogP contribution in [0.5, 0.6) is 0 Å². The van der Waals surface area contributed by atoms with Crippen molar-refractivity contribution >= 4 is 23.5 Å². The minimum atomic E-state index is 1.08. The summed E-state index contributed by atoms with van der Waals surface area (Å²) in [6.45, 7) is 0. The zero-order chi connectivity index (χ0) is 26.3. The molecule has 0 aromatic heterocycles. The fourth-order valence-corrected chi connectivity index (χ4v) is 4.99. The fourth-order valence-electron chi connectivity index (χ4n) is 4.99. The van der Waals surface area contributed by atoms with Crippen LogP contribution in [0, 0.1) is 0 Å². The van der Waals surface area contributed by atoms with Crippen LogP contribution in [-0.2, 0) is 0 Å². The van der Waals surface area contributed by atoms with Crippen LogP contribution in [0.2, 0.25) is 0 Å². The van der Waals surface area contributed by atoms with E-state index in [4.69, 9.17) is 0 Å². The lowest BCUT2D eigenvalue weighted by atomic mass is 9.99. The van der Waals surface area contributed by atoms with E-state index in [1.165, 1.54) is 50.5 Å². The third kappa shape index (κ3) is 5.84. The van der Waals surface area contributed by atoms with Crippen molar-refractivity contribution in [2.45, 2.75) is 12.8 Å². The van der Waals surface area contributed by atoms with E-state index in [1.54, 1.807) is 0 Å². The maximum absolute atomic E-state index is 2.33. The first-order valence-corrected chi connectivity index (χ1v) is 13.6. The van der Waals surface area contributed by atoms with Crippen LogP contribution in [0.15, 0.2) is 157 Å². The Kier molecular flexibility index (Phi) is 7.32. The van der Waals surface area contributed by atoms with E-state index in [-0.39, 0.29) is 0 Å². The van der Waals surface area contributed by atoms with Gasteiger partial charge in [-0.05, 0) is 76.6 Å². The Morgan fingerprint density at radius 3 is 1.44 bits per heavy atom. The smallest absolute Gasteiger partial charge is 0.0461 e. The van der Waals surface area contributed by atoms with Gasteiger partial charge in [-0.3, -0.25) is 0 Å². The van der Waals surface area contributed by atoms with Crippen LogP contribution in [0.4, 0.5) is 11.4 Å². The Bertz CT molecular complexity index is 1590. The van der Waals surface area contributed by atoms with Crippen molar-refractivity contribution in [2.24, 2.45) is 0 Å². The van der Waals surface area contributed by atoms with E-state index in [2.05, 4.69) is 169 Å². The molecule has 0 aliphatic heterocycles. The van der Waals surface area contributed by atoms with E-state index in [9.17, 15) is 0 Å². The molecule has 1 nitrogen and oxygen atoms in total. The minimum Gasteiger partial charge on any atom is -0.311 e. The highest BCUT2D eigenvalue weighted by atomic mass is 15.1. The molecule has 0 atom stereocenters. The van der Waals surface area contributed by atoms with Gasteiger partial charge in [0.2, 0.25) is 0 Å². The molecule has 5 aromatic rings. The second kappa shape index (κ2) is 11.7. The normalized spacial score (nSPS) is 12.9. The largest absolute Gasteiger partial charge is 0.311 e. The summed E-state index contributed by atoms with van der Waals surface area (Å²) in [6.07, 6.45) is 13.4. The van der Waals surface area contributed by atoms with Crippen LogP contribution in [0.1, 0.15) is 24.0 Å². The number of benzene rings is 5. The molecule has 0 spiro atoms. The Balaban J connectivity index is 1.16. The lowest BCUT2D eigenvalue weighted by Gasteiger charge is -2.27. The Labute approximate surface area is 231 Å². The van der Waals surface area contributed by atoms with Gasteiger partial charge in [0.25, 0.3) is 0 Å². The third-order valence-electron chi connectivity index (χ3n) is 7.10. The molecule has 0 bridgehead atoms. The van der Waals surface area contributed by atoms with Gasteiger partial charge in [0, 0.05) is 17.1 Å². The maximum Gasteiger partial charge on any atom is 0.0461 e. The number of hydrogen-bond acceptors (Lipinski definition) is 1. The summed E-state index contributed by atoms with van der Waals surface area (Å²) in [5, 5.41) is 0. The van der Waals surface area contributed by atoms with E-state index < -0.39 is 0 Å². The second-order valence-electron chi connectivity index (χ2n) is 9.77. The summed E-state index contributed by atoms with van der Waals surface area (Å²) in [5.41, 5.74) is 10.9. The molecule has 0 radical (unpaired) electrons. The molecular formula is C38H31N. The monoisotopic (exact) mass is 501 g/mol. The summed E-state index contributed by atoms with van der Waals surface area (Å²) >= 11 is 0. The Hall–Kier alpha value is -4.88.